The van der Waals surface area contributed by atoms with Crippen LogP contribution < -0.4 is 4.74 Å². The van der Waals surface area contributed by atoms with E-state index in [1.54, 1.807) is 19.5 Å². The molecule has 0 radical (unpaired) electrons. The van der Waals surface area contributed by atoms with Gasteiger partial charge < -0.3 is 9.47 Å². The smallest absolute Gasteiger partial charge is 0.232 e. The molecular formula is C9H14N2O2. The van der Waals surface area contributed by atoms with Crippen molar-refractivity contribution in [3.8, 4) is 5.88 Å². The molecule has 0 bridgehead atoms. The topological polar surface area (TPSA) is 44.2 Å². The highest BCUT2D eigenvalue weighted by molar-refractivity contribution is 5.06. The lowest BCUT2D eigenvalue weighted by Crippen LogP contribution is -2.03. The lowest BCUT2D eigenvalue weighted by Gasteiger charge is -2.03. The molecule has 1 aromatic heterocycles. The number of aromatic nitrogens is 2. The van der Waals surface area contributed by atoms with Crippen molar-refractivity contribution in [2.24, 2.45) is 0 Å². The van der Waals surface area contributed by atoms with Crippen LogP contribution >= 0.6 is 0 Å². The molecule has 0 aliphatic rings. The summed E-state index contributed by atoms with van der Waals surface area (Å²) >= 11 is 0. The van der Waals surface area contributed by atoms with Gasteiger partial charge in [-0.3, -0.25) is 4.98 Å². The van der Waals surface area contributed by atoms with Crippen LogP contribution in [-0.4, -0.2) is 30.3 Å². The van der Waals surface area contributed by atoms with Crippen molar-refractivity contribution >= 4 is 0 Å². The first-order valence-corrected chi connectivity index (χ1v) is 4.23. The second-order valence-corrected chi connectivity index (χ2v) is 2.69. The zero-order valence-electron chi connectivity index (χ0n) is 7.99. The molecule has 13 heavy (non-hydrogen) atoms. The molecule has 0 atom stereocenters. The fourth-order valence-electron chi connectivity index (χ4n) is 0.890. The highest BCUT2D eigenvalue weighted by atomic mass is 16.5. The molecule has 72 valence electrons. The molecule has 0 saturated heterocycles. The fraction of sp³-hybridized carbons (Fsp3) is 0.556. The summed E-state index contributed by atoms with van der Waals surface area (Å²) in [5.41, 5.74) is 0.865. The molecule has 0 aliphatic carbocycles. The molecule has 0 aliphatic heterocycles. The van der Waals surface area contributed by atoms with Crippen LogP contribution in [-0.2, 0) is 4.74 Å². The Hall–Kier alpha value is -1.16. The predicted molar refractivity (Wildman–Crippen MR) is 48.8 cm³/mol. The maximum absolute atomic E-state index is 5.34. The minimum absolute atomic E-state index is 0.580. The maximum atomic E-state index is 5.34. The third kappa shape index (κ3) is 3.85. The van der Waals surface area contributed by atoms with Gasteiger partial charge in [0.25, 0.3) is 0 Å². The first-order valence-electron chi connectivity index (χ1n) is 4.23. The van der Waals surface area contributed by atoms with Crippen LogP contribution in [0.5, 0.6) is 5.88 Å². The van der Waals surface area contributed by atoms with Crippen molar-refractivity contribution < 1.29 is 9.47 Å². The average Bonchev–Trinajstić information content (AvgIpc) is 2.13. The van der Waals surface area contributed by atoms with Gasteiger partial charge >= 0.3 is 0 Å². The maximum Gasteiger partial charge on any atom is 0.232 e. The Kier molecular flexibility index (Phi) is 4.18. The van der Waals surface area contributed by atoms with E-state index in [9.17, 15) is 0 Å². The molecule has 0 N–H and O–H groups in total. The van der Waals surface area contributed by atoms with E-state index in [2.05, 4.69) is 9.97 Å². The number of nitrogens with zero attached hydrogens (tertiary/aromatic N) is 2. The number of rotatable bonds is 5. The van der Waals surface area contributed by atoms with Crippen LogP contribution in [0.3, 0.4) is 0 Å². The van der Waals surface area contributed by atoms with Crippen LogP contribution in [0, 0.1) is 6.92 Å². The van der Waals surface area contributed by atoms with Crippen molar-refractivity contribution in [3.63, 3.8) is 0 Å². The molecular weight excluding hydrogens is 168 g/mol. The Morgan fingerprint density at radius 2 is 2.15 bits per heavy atom. The summed E-state index contributed by atoms with van der Waals surface area (Å²) < 4.78 is 10.2. The normalized spacial score (nSPS) is 10.0. The van der Waals surface area contributed by atoms with Gasteiger partial charge in [-0.05, 0) is 6.92 Å². The van der Waals surface area contributed by atoms with E-state index in [-0.39, 0.29) is 0 Å². The average molecular weight is 182 g/mol. The van der Waals surface area contributed by atoms with Gasteiger partial charge in [0, 0.05) is 26.3 Å². The summed E-state index contributed by atoms with van der Waals surface area (Å²) in [6.07, 6.45) is 4.17. The largest absolute Gasteiger partial charge is 0.476 e. The summed E-state index contributed by atoms with van der Waals surface area (Å²) in [7, 11) is 1.67. The summed E-state index contributed by atoms with van der Waals surface area (Å²) in [5, 5.41) is 0. The Balaban J connectivity index is 2.28. The van der Waals surface area contributed by atoms with E-state index >= 15 is 0 Å². The molecule has 0 aromatic carbocycles. The minimum atomic E-state index is 0.580. The Morgan fingerprint density at radius 3 is 2.85 bits per heavy atom. The van der Waals surface area contributed by atoms with Gasteiger partial charge in [-0.2, -0.15) is 0 Å². The Morgan fingerprint density at radius 1 is 1.31 bits per heavy atom. The van der Waals surface area contributed by atoms with E-state index in [4.69, 9.17) is 9.47 Å². The van der Waals surface area contributed by atoms with Gasteiger partial charge in [0.2, 0.25) is 5.88 Å². The number of hydrogen-bond acceptors (Lipinski definition) is 4. The Labute approximate surface area is 77.9 Å². The lowest BCUT2D eigenvalue weighted by molar-refractivity contribution is 0.170. The van der Waals surface area contributed by atoms with Crippen molar-refractivity contribution in [1.29, 1.82) is 0 Å². The monoisotopic (exact) mass is 182 g/mol. The number of aryl methyl sites for hydroxylation is 1. The first kappa shape index (κ1) is 9.92. The van der Waals surface area contributed by atoms with Gasteiger partial charge in [0.1, 0.15) is 0 Å². The quantitative estimate of drug-likeness (QED) is 0.642. The second kappa shape index (κ2) is 5.48. The molecule has 1 aromatic rings. The van der Waals surface area contributed by atoms with E-state index in [0.29, 0.717) is 19.1 Å². The van der Waals surface area contributed by atoms with Crippen LogP contribution in [0.25, 0.3) is 0 Å². The zero-order valence-corrected chi connectivity index (χ0v) is 7.99. The van der Waals surface area contributed by atoms with Crippen LogP contribution in [0.4, 0.5) is 0 Å². The summed E-state index contributed by atoms with van der Waals surface area (Å²) in [4.78, 5) is 8.11. The first-order chi connectivity index (χ1) is 6.33. The Bertz CT molecular complexity index is 253. The summed E-state index contributed by atoms with van der Waals surface area (Å²) in [6, 6.07) is 0. The molecule has 0 spiro atoms. The minimum Gasteiger partial charge on any atom is -0.476 e. The van der Waals surface area contributed by atoms with Crippen molar-refractivity contribution in [2.75, 3.05) is 20.3 Å². The lowest BCUT2D eigenvalue weighted by atomic mass is 10.5. The van der Waals surface area contributed by atoms with Crippen LogP contribution in [0.1, 0.15) is 12.1 Å². The molecule has 4 heteroatoms. The third-order valence-corrected chi connectivity index (χ3v) is 1.48. The SMILES string of the molecule is COCCCOc1cncc(C)n1. The molecule has 4 nitrogen and oxygen atoms in total. The summed E-state index contributed by atoms with van der Waals surface area (Å²) in [5.74, 6) is 0.580. The standard InChI is InChI=1S/C9H14N2O2/c1-8-6-10-7-9(11-8)13-5-3-4-12-2/h6-7H,3-5H2,1-2H3. The summed E-state index contributed by atoms with van der Waals surface area (Å²) in [6.45, 7) is 3.21. The predicted octanol–water partition coefficient (Wildman–Crippen LogP) is 1.20. The number of ether oxygens (including phenoxy) is 2. The van der Waals surface area contributed by atoms with E-state index in [1.807, 2.05) is 6.92 Å². The molecule has 1 heterocycles. The van der Waals surface area contributed by atoms with E-state index < -0.39 is 0 Å². The van der Waals surface area contributed by atoms with Gasteiger partial charge in [-0.1, -0.05) is 0 Å². The van der Waals surface area contributed by atoms with E-state index in [0.717, 1.165) is 12.1 Å². The van der Waals surface area contributed by atoms with Crippen molar-refractivity contribution in [1.82, 2.24) is 9.97 Å². The molecule has 0 saturated carbocycles. The van der Waals surface area contributed by atoms with Crippen molar-refractivity contribution in [3.05, 3.63) is 18.1 Å². The van der Waals surface area contributed by atoms with Gasteiger partial charge in [-0.15, -0.1) is 0 Å². The molecule has 0 fully saturated rings. The van der Waals surface area contributed by atoms with Crippen LogP contribution in [0.15, 0.2) is 12.4 Å². The fourth-order valence-corrected chi connectivity index (χ4v) is 0.890. The second-order valence-electron chi connectivity index (χ2n) is 2.69. The van der Waals surface area contributed by atoms with E-state index in [1.165, 1.54) is 0 Å². The van der Waals surface area contributed by atoms with Crippen molar-refractivity contribution in [2.45, 2.75) is 13.3 Å². The number of hydrogen-bond donors (Lipinski definition) is 0. The van der Waals surface area contributed by atoms with Crippen LogP contribution in [0.2, 0.25) is 0 Å². The van der Waals surface area contributed by atoms with Gasteiger partial charge in [0.05, 0.1) is 18.5 Å². The highest BCUT2D eigenvalue weighted by Crippen LogP contribution is 2.03. The third-order valence-electron chi connectivity index (χ3n) is 1.48. The number of methoxy groups -OCH3 is 1. The zero-order chi connectivity index (χ0) is 9.52. The van der Waals surface area contributed by atoms with Gasteiger partial charge in [0.15, 0.2) is 0 Å². The molecule has 0 amide bonds. The molecule has 1 rings (SSSR count). The van der Waals surface area contributed by atoms with Gasteiger partial charge in [-0.25, -0.2) is 4.98 Å². The highest BCUT2D eigenvalue weighted by Gasteiger charge is 1.95. The molecule has 0 unspecified atom stereocenters.